The minimum atomic E-state index is 0.348. The smallest absolute Gasteiger partial charge is 0.226 e. The van der Waals surface area contributed by atoms with Crippen molar-refractivity contribution in [1.82, 2.24) is 4.90 Å². The van der Waals surface area contributed by atoms with Crippen LogP contribution in [0.1, 0.15) is 136 Å². The fourth-order valence-corrected chi connectivity index (χ4v) is 5.73. The predicted molar refractivity (Wildman–Crippen MR) is 122 cm³/mol. The minimum Gasteiger partial charge on any atom is -0.339 e. The summed E-state index contributed by atoms with van der Waals surface area (Å²) in [5, 5.41) is 0. The summed E-state index contributed by atoms with van der Waals surface area (Å²) < 4.78 is 0. The summed E-state index contributed by atoms with van der Waals surface area (Å²) in [4.78, 5) is 15.9. The van der Waals surface area contributed by atoms with Crippen LogP contribution in [0.3, 0.4) is 0 Å². The fourth-order valence-electron chi connectivity index (χ4n) is 5.73. The van der Waals surface area contributed by atoms with Gasteiger partial charge in [-0.2, -0.15) is 0 Å². The van der Waals surface area contributed by atoms with Gasteiger partial charge in [-0.05, 0) is 44.4 Å². The molecule has 1 aliphatic heterocycles. The first-order chi connectivity index (χ1) is 13.8. The van der Waals surface area contributed by atoms with E-state index in [-0.39, 0.29) is 0 Å². The summed E-state index contributed by atoms with van der Waals surface area (Å²) in [6.07, 6.45) is 25.1. The summed E-state index contributed by atoms with van der Waals surface area (Å²) in [5.41, 5.74) is 0. The lowest BCUT2D eigenvalue weighted by molar-refractivity contribution is -0.139. The van der Waals surface area contributed by atoms with Crippen LogP contribution in [0.15, 0.2) is 0 Å². The number of amides is 1. The molecule has 2 nitrogen and oxygen atoms in total. The van der Waals surface area contributed by atoms with E-state index in [2.05, 4.69) is 18.7 Å². The molecule has 2 aliphatic rings. The topological polar surface area (TPSA) is 20.3 Å². The van der Waals surface area contributed by atoms with Gasteiger partial charge in [0.25, 0.3) is 0 Å². The van der Waals surface area contributed by atoms with Crippen molar-refractivity contribution in [2.45, 2.75) is 142 Å². The highest BCUT2D eigenvalue weighted by Crippen LogP contribution is 2.36. The zero-order chi connectivity index (χ0) is 20.0. The van der Waals surface area contributed by atoms with Crippen molar-refractivity contribution >= 4 is 5.91 Å². The van der Waals surface area contributed by atoms with Gasteiger partial charge in [-0.15, -0.1) is 0 Å². The van der Waals surface area contributed by atoms with Crippen molar-refractivity contribution < 1.29 is 4.79 Å². The van der Waals surface area contributed by atoms with Crippen LogP contribution in [0.5, 0.6) is 0 Å². The number of carbonyl (C=O) groups excluding carboxylic acids is 1. The molecule has 0 N–H and O–H groups in total. The van der Waals surface area contributed by atoms with Crippen LogP contribution in [0.25, 0.3) is 0 Å². The van der Waals surface area contributed by atoms with E-state index >= 15 is 0 Å². The molecule has 0 spiro atoms. The molecule has 2 atom stereocenters. The van der Waals surface area contributed by atoms with Gasteiger partial charge in [-0.25, -0.2) is 0 Å². The highest BCUT2D eigenvalue weighted by molar-refractivity contribution is 5.79. The highest BCUT2D eigenvalue weighted by atomic mass is 16.2. The third-order valence-electron chi connectivity index (χ3n) is 7.44. The third-order valence-corrected chi connectivity index (χ3v) is 7.44. The Morgan fingerprint density at radius 2 is 1.39 bits per heavy atom. The molecule has 0 bridgehead atoms. The number of nitrogens with zero attached hydrogens (tertiary/aromatic N) is 1. The van der Waals surface area contributed by atoms with Gasteiger partial charge in [0.15, 0.2) is 0 Å². The van der Waals surface area contributed by atoms with E-state index in [1.54, 1.807) is 0 Å². The quantitative estimate of drug-likeness (QED) is 0.292. The fraction of sp³-hybridized carbons (Fsp3) is 0.962. The van der Waals surface area contributed by atoms with Crippen molar-refractivity contribution in [2.24, 2.45) is 11.8 Å². The molecule has 0 aromatic heterocycles. The van der Waals surface area contributed by atoms with Crippen molar-refractivity contribution in [3.05, 3.63) is 0 Å². The molecule has 0 aromatic carbocycles. The van der Waals surface area contributed by atoms with Gasteiger partial charge < -0.3 is 4.90 Å². The molecule has 2 rings (SSSR count). The van der Waals surface area contributed by atoms with Crippen molar-refractivity contribution in [2.75, 3.05) is 6.54 Å². The normalized spacial score (nSPS) is 23.0. The zero-order valence-electron chi connectivity index (χ0n) is 19.2. The second-order valence-electron chi connectivity index (χ2n) is 9.74. The SMILES string of the molecule is CCCCCCCCCCC(CCC)N1CCCCC(C2CCCCC2)C1=O. The second-order valence-corrected chi connectivity index (χ2v) is 9.74. The first-order valence-electron chi connectivity index (χ1n) is 13.1. The number of carbonyl (C=O) groups is 1. The Morgan fingerprint density at radius 3 is 2.07 bits per heavy atom. The van der Waals surface area contributed by atoms with Gasteiger partial charge in [0.2, 0.25) is 5.91 Å². The Morgan fingerprint density at radius 1 is 0.750 bits per heavy atom. The van der Waals surface area contributed by atoms with Crippen molar-refractivity contribution in [3.63, 3.8) is 0 Å². The monoisotopic (exact) mass is 391 g/mol. The van der Waals surface area contributed by atoms with E-state index in [1.807, 2.05) is 0 Å². The van der Waals surface area contributed by atoms with Crippen LogP contribution in [0, 0.1) is 11.8 Å². The van der Waals surface area contributed by atoms with E-state index in [1.165, 1.54) is 116 Å². The van der Waals surface area contributed by atoms with Crippen molar-refractivity contribution in [1.29, 1.82) is 0 Å². The molecule has 1 amide bonds. The molecule has 28 heavy (non-hydrogen) atoms. The molecule has 2 fully saturated rings. The molecule has 1 heterocycles. The average molecular weight is 392 g/mol. The first-order valence-corrected chi connectivity index (χ1v) is 13.1. The summed E-state index contributed by atoms with van der Waals surface area (Å²) in [5.74, 6) is 1.58. The standard InChI is InChI=1S/C26H49NO/c1-3-5-6-7-8-9-10-14-20-24(17-4-2)27-22-16-15-21-25(26(27)28)23-18-12-11-13-19-23/h23-25H,3-22H2,1-2H3. The van der Waals surface area contributed by atoms with E-state index in [9.17, 15) is 4.79 Å². The lowest BCUT2D eigenvalue weighted by Gasteiger charge is -2.36. The van der Waals surface area contributed by atoms with E-state index in [4.69, 9.17) is 0 Å². The third kappa shape index (κ3) is 8.07. The van der Waals surface area contributed by atoms with Gasteiger partial charge in [0.1, 0.15) is 0 Å². The lowest BCUT2D eigenvalue weighted by Crippen LogP contribution is -2.44. The molecule has 0 aromatic rings. The largest absolute Gasteiger partial charge is 0.339 e. The predicted octanol–water partition coefficient (Wildman–Crippen LogP) is 7.89. The van der Waals surface area contributed by atoms with Gasteiger partial charge in [0.05, 0.1) is 0 Å². The molecule has 1 saturated heterocycles. The molecule has 1 aliphatic carbocycles. The maximum absolute atomic E-state index is 13.5. The average Bonchev–Trinajstić information content (AvgIpc) is 2.91. The molecule has 164 valence electrons. The lowest BCUT2D eigenvalue weighted by atomic mass is 9.77. The second kappa shape index (κ2) is 14.5. The molecular weight excluding hydrogens is 342 g/mol. The first kappa shape index (κ1) is 23.7. The number of hydrogen-bond donors (Lipinski definition) is 0. The molecule has 0 radical (unpaired) electrons. The Bertz CT molecular complexity index is 401. The Hall–Kier alpha value is -0.530. The zero-order valence-corrected chi connectivity index (χ0v) is 19.2. The molecule has 2 heteroatoms. The maximum Gasteiger partial charge on any atom is 0.226 e. The highest BCUT2D eigenvalue weighted by Gasteiger charge is 2.36. The number of unbranched alkanes of at least 4 members (excludes halogenated alkanes) is 7. The van der Waals surface area contributed by atoms with Crippen LogP contribution < -0.4 is 0 Å². The Labute approximate surface area is 176 Å². The Kier molecular flexibility index (Phi) is 12.3. The molecular formula is C26H49NO. The van der Waals surface area contributed by atoms with Crippen LogP contribution in [-0.2, 0) is 4.79 Å². The number of likely N-dealkylation sites (tertiary alicyclic amines) is 1. The number of rotatable bonds is 13. The van der Waals surface area contributed by atoms with Gasteiger partial charge in [-0.3, -0.25) is 4.79 Å². The summed E-state index contributed by atoms with van der Waals surface area (Å²) in [7, 11) is 0. The van der Waals surface area contributed by atoms with Crippen LogP contribution >= 0.6 is 0 Å². The van der Waals surface area contributed by atoms with Gasteiger partial charge in [-0.1, -0.05) is 97.3 Å². The van der Waals surface area contributed by atoms with E-state index < -0.39 is 0 Å². The summed E-state index contributed by atoms with van der Waals surface area (Å²) in [6.45, 7) is 5.61. The van der Waals surface area contributed by atoms with Crippen LogP contribution in [0.2, 0.25) is 0 Å². The summed E-state index contributed by atoms with van der Waals surface area (Å²) >= 11 is 0. The van der Waals surface area contributed by atoms with Gasteiger partial charge >= 0.3 is 0 Å². The minimum absolute atomic E-state index is 0.348. The van der Waals surface area contributed by atoms with Gasteiger partial charge in [0, 0.05) is 18.5 Å². The van der Waals surface area contributed by atoms with Crippen molar-refractivity contribution in [3.8, 4) is 0 Å². The van der Waals surface area contributed by atoms with Crippen LogP contribution in [0.4, 0.5) is 0 Å². The van der Waals surface area contributed by atoms with E-state index in [0.29, 0.717) is 23.8 Å². The van der Waals surface area contributed by atoms with E-state index in [0.717, 1.165) is 13.0 Å². The maximum atomic E-state index is 13.5. The van der Waals surface area contributed by atoms with Crippen LogP contribution in [-0.4, -0.2) is 23.4 Å². The Balaban J connectivity index is 1.81. The summed E-state index contributed by atoms with van der Waals surface area (Å²) in [6, 6.07) is 0.516. The molecule has 1 saturated carbocycles. The molecule has 2 unspecified atom stereocenters. The number of hydrogen-bond acceptors (Lipinski definition) is 1.